The molecular formula is C14H14ClN5O2S. The molecule has 0 saturated heterocycles. The highest BCUT2D eigenvalue weighted by molar-refractivity contribution is 7.91. The van der Waals surface area contributed by atoms with Crippen LogP contribution in [0.3, 0.4) is 0 Å². The van der Waals surface area contributed by atoms with Crippen LogP contribution >= 0.6 is 11.6 Å². The SMILES string of the molecule is CCS(=O)(=O)c1nnc(Cl)cc1-c1nc2cc(C)cnc2n1C. The molecule has 0 atom stereocenters. The number of hydrogen-bond donors (Lipinski definition) is 0. The van der Waals surface area contributed by atoms with Crippen LogP contribution in [0, 0.1) is 6.92 Å². The number of rotatable bonds is 3. The summed E-state index contributed by atoms with van der Waals surface area (Å²) in [6, 6.07) is 3.35. The molecule has 0 aliphatic rings. The van der Waals surface area contributed by atoms with Crippen LogP contribution in [0.4, 0.5) is 0 Å². The zero-order valence-electron chi connectivity index (χ0n) is 12.8. The largest absolute Gasteiger partial charge is 0.312 e. The summed E-state index contributed by atoms with van der Waals surface area (Å²) in [4.78, 5) is 8.85. The second kappa shape index (κ2) is 5.54. The van der Waals surface area contributed by atoms with E-state index in [1.54, 1.807) is 24.7 Å². The third kappa shape index (κ3) is 2.68. The summed E-state index contributed by atoms with van der Waals surface area (Å²) < 4.78 is 26.3. The van der Waals surface area contributed by atoms with Gasteiger partial charge in [0.25, 0.3) is 0 Å². The van der Waals surface area contributed by atoms with Crippen LogP contribution in [0.25, 0.3) is 22.6 Å². The summed E-state index contributed by atoms with van der Waals surface area (Å²) in [5.74, 6) is 0.347. The van der Waals surface area contributed by atoms with Crippen LogP contribution in [0.15, 0.2) is 23.4 Å². The minimum absolute atomic E-state index is 0.0857. The number of aryl methyl sites for hydroxylation is 2. The standard InChI is InChI=1S/C14H14ClN5O2S/c1-4-23(21,22)14-9(6-11(15)18-19-14)12-17-10-5-8(2)7-16-13(10)20(12)3/h5-7H,4H2,1-3H3. The van der Waals surface area contributed by atoms with Crippen molar-refractivity contribution in [3.8, 4) is 11.4 Å². The van der Waals surface area contributed by atoms with E-state index < -0.39 is 9.84 Å². The van der Waals surface area contributed by atoms with Gasteiger partial charge in [-0.25, -0.2) is 18.4 Å². The van der Waals surface area contributed by atoms with E-state index in [0.29, 0.717) is 22.6 Å². The maximum Gasteiger partial charge on any atom is 0.197 e. The Morgan fingerprint density at radius 1 is 1.26 bits per heavy atom. The minimum atomic E-state index is -3.56. The molecule has 120 valence electrons. The van der Waals surface area contributed by atoms with Crippen LogP contribution in [0.1, 0.15) is 12.5 Å². The molecule has 0 bridgehead atoms. The smallest absolute Gasteiger partial charge is 0.197 e. The molecule has 0 N–H and O–H groups in total. The van der Waals surface area contributed by atoms with Crippen molar-refractivity contribution in [2.45, 2.75) is 18.9 Å². The van der Waals surface area contributed by atoms with Gasteiger partial charge in [0, 0.05) is 13.2 Å². The topological polar surface area (TPSA) is 90.6 Å². The van der Waals surface area contributed by atoms with Gasteiger partial charge in [-0.05, 0) is 24.6 Å². The zero-order chi connectivity index (χ0) is 16.8. The fourth-order valence-electron chi connectivity index (χ4n) is 2.30. The average Bonchev–Trinajstić information content (AvgIpc) is 2.83. The second-order valence-corrected chi connectivity index (χ2v) is 7.72. The van der Waals surface area contributed by atoms with Gasteiger partial charge < -0.3 is 4.57 Å². The van der Waals surface area contributed by atoms with Gasteiger partial charge in [0.1, 0.15) is 11.3 Å². The van der Waals surface area contributed by atoms with Crippen molar-refractivity contribution < 1.29 is 8.42 Å². The fraction of sp³-hybridized carbons (Fsp3) is 0.286. The maximum absolute atomic E-state index is 12.3. The summed E-state index contributed by atoms with van der Waals surface area (Å²) in [6.07, 6.45) is 1.73. The summed E-state index contributed by atoms with van der Waals surface area (Å²) in [6.45, 7) is 3.47. The van der Waals surface area contributed by atoms with Crippen molar-refractivity contribution in [3.05, 3.63) is 29.0 Å². The quantitative estimate of drug-likeness (QED) is 0.718. The first-order chi connectivity index (χ1) is 10.8. The van der Waals surface area contributed by atoms with E-state index in [1.165, 1.54) is 6.07 Å². The monoisotopic (exact) mass is 351 g/mol. The third-order valence-electron chi connectivity index (χ3n) is 3.49. The molecule has 3 heterocycles. The van der Waals surface area contributed by atoms with E-state index in [9.17, 15) is 8.42 Å². The van der Waals surface area contributed by atoms with Gasteiger partial charge in [0.2, 0.25) is 0 Å². The third-order valence-corrected chi connectivity index (χ3v) is 5.33. The predicted molar refractivity (Wildman–Crippen MR) is 87.0 cm³/mol. The number of fused-ring (bicyclic) bond motifs is 1. The van der Waals surface area contributed by atoms with E-state index in [4.69, 9.17) is 11.6 Å². The van der Waals surface area contributed by atoms with E-state index in [2.05, 4.69) is 20.2 Å². The molecule has 3 aromatic rings. The number of pyridine rings is 1. The molecule has 0 aliphatic heterocycles. The number of sulfone groups is 1. The Bertz CT molecular complexity index is 1010. The molecule has 0 saturated carbocycles. The molecular weight excluding hydrogens is 338 g/mol. The molecule has 0 amide bonds. The Morgan fingerprint density at radius 2 is 2.00 bits per heavy atom. The molecule has 0 fully saturated rings. The first-order valence-corrected chi connectivity index (χ1v) is 8.92. The molecule has 0 aliphatic carbocycles. The van der Waals surface area contributed by atoms with Gasteiger partial charge in [-0.1, -0.05) is 18.5 Å². The Balaban J connectivity index is 2.35. The van der Waals surface area contributed by atoms with Gasteiger partial charge in [-0.15, -0.1) is 10.2 Å². The molecule has 9 heteroatoms. The first kappa shape index (κ1) is 15.8. The highest BCUT2D eigenvalue weighted by Gasteiger charge is 2.24. The summed E-state index contributed by atoms with van der Waals surface area (Å²) >= 11 is 5.92. The van der Waals surface area contributed by atoms with Crippen LogP contribution in [0.5, 0.6) is 0 Å². The molecule has 0 radical (unpaired) electrons. The number of hydrogen-bond acceptors (Lipinski definition) is 6. The van der Waals surface area contributed by atoms with Crippen LogP contribution in [-0.2, 0) is 16.9 Å². The Hall–Kier alpha value is -2.06. The van der Waals surface area contributed by atoms with E-state index in [1.807, 2.05) is 13.0 Å². The maximum atomic E-state index is 12.3. The van der Waals surface area contributed by atoms with E-state index in [0.717, 1.165) is 5.56 Å². The van der Waals surface area contributed by atoms with Gasteiger partial charge in [0.05, 0.1) is 11.3 Å². The Morgan fingerprint density at radius 3 is 2.70 bits per heavy atom. The fourth-order valence-corrected chi connectivity index (χ4v) is 3.37. The molecule has 23 heavy (non-hydrogen) atoms. The predicted octanol–water partition coefficient (Wildman–Crippen LogP) is 2.18. The lowest BCUT2D eigenvalue weighted by atomic mass is 10.3. The molecule has 0 aromatic carbocycles. The Kier molecular flexibility index (Phi) is 3.81. The first-order valence-electron chi connectivity index (χ1n) is 6.89. The summed E-state index contributed by atoms with van der Waals surface area (Å²) in [5, 5.41) is 7.42. The lowest BCUT2D eigenvalue weighted by molar-refractivity contribution is 0.591. The van der Waals surface area contributed by atoms with Crippen LogP contribution in [0.2, 0.25) is 5.15 Å². The molecule has 3 aromatic heterocycles. The summed E-state index contributed by atoms with van der Waals surface area (Å²) in [5.41, 5.74) is 2.62. The van der Waals surface area contributed by atoms with Gasteiger partial charge in [-0.2, -0.15) is 0 Å². The highest BCUT2D eigenvalue weighted by atomic mass is 35.5. The number of nitrogens with zero attached hydrogens (tertiary/aromatic N) is 5. The van der Waals surface area contributed by atoms with Gasteiger partial charge >= 0.3 is 0 Å². The van der Waals surface area contributed by atoms with Crippen LogP contribution < -0.4 is 0 Å². The average molecular weight is 352 g/mol. The molecule has 7 nitrogen and oxygen atoms in total. The van der Waals surface area contributed by atoms with Gasteiger partial charge in [-0.3, -0.25) is 0 Å². The second-order valence-electron chi connectivity index (χ2n) is 5.14. The van der Waals surface area contributed by atoms with Gasteiger partial charge in [0.15, 0.2) is 25.7 Å². The molecule has 0 spiro atoms. The van der Waals surface area contributed by atoms with Crippen molar-refractivity contribution in [1.29, 1.82) is 0 Å². The molecule has 0 unspecified atom stereocenters. The van der Waals surface area contributed by atoms with Crippen molar-refractivity contribution >= 4 is 32.6 Å². The van der Waals surface area contributed by atoms with Crippen molar-refractivity contribution in [1.82, 2.24) is 24.7 Å². The van der Waals surface area contributed by atoms with Crippen molar-refractivity contribution in [3.63, 3.8) is 0 Å². The number of aromatic nitrogens is 5. The van der Waals surface area contributed by atoms with Crippen molar-refractivity contribution in [2.75, 3.05) is 5.75 Å². The normalized spacial score (nSPS) is 12.0. The van der Waals surface area contributed by atoms with Crippen LogP contribution in [-0.4, -0.2) is 38.9 Å². The lowest BCUT2D eigenvalue weighted by Crippen LogP contribution is -2.10. The highest BCUT2D eigenvalue weighted by Crippen LogP contribution is 2.29. The lowest BCUT2D eigenvalue weighted by Gasteiger charge is -2.08. The Labute approximate surface area is 138 Å². The number of halogens is 1. The zero-order valence-corrected chi connectivity index (χ0v) is 14.4. The minimum Gasteiger partial charge on any atom is -0.312 e. The van der Waals surface area contributed by atoms with E-state index >= 15 is 0 Å². The van der Waals surface area contributed by atoms with Crippen molar-refractivity contribution in [2.24, 2.45) is 7.05 Å². The number of imidazole rings is 1. The summed E-state index contributed by atoms with van der Waals surface area (Å²) in [7, 11) is -1.79. The van der Waals surface area contributed by atoms with E-state index in [-0.39, 0.29) is 15.9 Å². The molecule has 3 rings (SSSR count).